The molecular formula is C23H20BrN3O5. The molecule has 32 heavy (non-hydrogen) atoms. The lowest BCUT2D eigenvalue weighted by Gasteiger charge is -2.14. The van der Waals surface area contributed by atoms with Gasteiger partial charge in [-0.1, -0.05) is 11.8 Å². The van der Waals surface area contributed by atoms with E-state index >= 15 is 0 Å². The second-order valence-electron chi connectivity index (χ2n) is 6.58. The van der Waals surface area contributed by atoms with Gasteiger partial charge in [0.05, 0.1) is 25.7 Å². The number of amides is 1. The summed E-state index contributed by atoms with van der Waals surface area (Å²) in [6.45, 7) is 0.564. The Labute approximate surface area is 193 Å². The quantitative estimate of drug-likeness (QED) is 0.300. The molecule has 9 heteroatoms. The number of rotatable bonds is 7. The minimum absolute atomic E-state index is 0.0143. The normalized spacial score (nSPS) is 10.1. The van der Waals surface area contributed by atoms with Crippen LogP contribution >= 0.6 is 15.9 Å². The summed E-state index contributed by atoms with van der Waals surface area (Å²) < 4.78 is 13.1. The Bertz CT molecular complexity index is 1190. The van der Waals surface area contributed by atoms with Crippen molar-refractivity contribution >= 4 is 27.5 Å². The number of methoxy groups -OCH3 is 2. The molecule has 0 fully saturated rings. The molecule has 3 rings (SSSR count). The third-order valence-corrected chi connectivity index (χ3v) is 5.38. The molecule has 0 atom stereocenters. The number of aromatic nitrogens is 1. The number of carbonyl (C=O) groups excluding carboxylic acids is 1. The van der Waals surface area contributed by atoms with E-state index in [1.165, 1.54) is 12.1 Å². The number of nitrogens with zero attached hydrogens (tertiary/aromatic N) is 2. The molecule has 1 amide bonds. The third kappa shape index (κ3) is 5.28. The van der Waals surface area contributed by atoms with Gasteiger partial charge in [0.15, 0.2) is 0 Å². The van der Waals surface area contributed by atoms with Gasteiger partial charge in [-0.2, -0.15) is 0 Å². The van der Waals surface area contributed by atoms with Crippen LogP contribution in [0, 0.1) is 22.0 Å². The summed E-state index contributed by atoms with van der Waals surface area (Å²) in [6, 6.07) is 13.1. The summed E-state index contributed by atoms with van der Waals surface area (Å²) in [7, 11) is 3.12. The molecule has 0 bridgehead atoms. The fourth-order valence-electron chi connectivity index (χ4n) is 3.01. The maximum absolute atomic E-state index is 12.7. The van der Waals surface area contributed by atoms with Crippen LogP contribution in [0.5, 0.6) is 11.5 Å². The third-order valence-electron chi connectivity index (χ3n) is 4.63. The summed E-state index contributed by atoms with van der Waals surface area (Å²) >= 11 is 3.45. The maximum atomic E-state index is 12.7. The van der Waals surface area contributed by atoms with Crippen molar-refractivity contribution in [3.63, 3.8) is 0 Å². The van der Waals surface area contributed by atoms with Crippen LogP contribution in [0.3, 0.4) is 0 Å². The zero-order valence-electron chi connectivity index (χ0n) is 17.4. The molecular weight excluding hydrogens is 478 g/mol. The Balaban J connectivity index is 1.66. The molecule has 0 saturated carbocycles. The van der Waals surface area contributed by atoms with Gasteiger partial charge in [-0.05, 0) is 52.3 Å². The second-order valence-corrected chi connectivity index (χ2v) is 7.38. The molecule has 3 aromatic rings. The fourth-order valence-corrected chi connectivity index (χ4v) is 3.72. The van der Waals surface area contributed by atoms with Crippen molar-refractivity contribution in [2.45, 2.75) is 13.1 Å². The van der Waals surface area contributed by atoms with Gasteiger partial charge in [0.2, 0.25) is 0 Å². The first-order chi connectivity index (χ1) is 15.4. The molecule has 0 aliphatic rings. The van der Waals surface area contributed by atoms with Crippen molar-refractivity contribution in [3.8, 4) is 23.3 Å². The molecule has 0 spiro atoms. The predicted molar refractivity (Wildman–Crippen MR) is 123 cm³/mol. The number of nitro groups is 1. The molecule has 164 valence electrons. The molecule has 0 aliphatic heterocycles. The number of ether oxygens (including phenoxy) is 2. The van der Waals surface area contributed by atoms with Crippen molar-refractivity contribution in [1.82, 2.24) is 9.88 Å². The molecule has 1 N–H and O–H groups in total. The van der Waals surface area contributed by atoms with Gasteiger partial charge >= 0.3 is 0 Å². The SMILES string of the molecule is COc1ccc(CNC(=O)c2cccn2CC#Cc2ccc([N+](=O)[O-])cc2)c(OC)c1Br. The summed E-state index contributed by atoms with van der Waals surface area (Å²) in [5, 5.41) is 13.6. The highest BCUT2D eigenvalue weighted by atomic mass is 79.9. The van der Waals surface area contributed by atoms with Crippen LogP contribution in [0.15, 0.2) is 59.2 Å². The zero-order chi connectivity index (χ0) is 23.1. The first-order valence-electron chi connectivity index (χ1n) is 9.50. The first kappa shape index (κ1) is 22.9. The summed E-state index contributed by atoms with van der Waals surface area (Å²) in [5.41, 5.74) is 1.94. The Hall–Kier alpha value is -3.77. The largest absolute Gasteiger partial charge is 0.495 e. The highest BCUT2D eigenvalue weighted by Gasteiger charge is 2.15. The topological polar surface area (TPSA) is 95.6 Å². The molecule has 1 heterocycles. The van der Waals surface area contributed by atoms with E-state index in [0.717, 1.165) is 5.56 Å². The summed E-state index contributed by atoms with van der Waals surface area (Å²) in [6.07, 6.45) is 1.77. The number of carbonyl (C=O) groups is 1. The van der Waals surface area contributed by atoms with Gasteiger partial charge in [-0.25, -0.2) is 0 Å². The zero-order valence-corrected chi connectivity index (χ0v) is 19.0. The molecule has 0 saturated heterocycles. The molecule has 0 radical (unpaired) electrons. The lowest BCUT2D eigenvalue weighted by atomic mass is 10.2. The van der Waals surface area contributed by atoms with Crippen LogP contribution in [-0.4, -0.2) is 29.6 Å². The van der Waals surface area contributed by atoms with Crippen molar-refractivity contribution in [3.05, 3.63) is 86.1 Å². The maximum Gasteiger partial charge on any atom is 0.269 e. The van der Waals surface area contributed by atoms with E-state index in [2.05, 4.69) is 33.1 Å². The average molecular weight is 498 g/mol. The number of benzene rings is 2. The Morgan fingerprint density at radius 2 is 1.91 bits per heavy atom. The highest BCUT2D eigenvalue weighted by Crippen LogP contribution is 2.37. The Morgan fingerprint density at radius 1 is 1.16 bits per heavy atom. The smallest absolute Gasteiger partial charge is 0.269 e. The lowest BCUT2D eigenvalue weighted by molar-refractivity contribution is -0.384. The van der Waals surface area contributed by atoms with Crippen molar-refractivity contribution in [2.75, 3.05) is 14.2 Å². The van der Waals surface area contributed by atoms with Gasteiger partial charge in [-0.3, -0.25) is 14.9 Å². The van der Waals surface area contributed by atoms with Gasteiger partial charge < -0.3 is 19.4 Å². The van der Waals surface area contributed by atoms with E-state index in [0.29, 0.717) is 33.8 Å². The summed E-state index contributed by atoms with van der Waals surface area (Å²) in [5.74, 6) is 6.91. The van der Waals surface area contributed by atoms with Crippen LogP contribution in [0.4, 0.5) is 5.69 Å². The molecule has 8 nitrogen and oxygen atoms in total. The van der Waals surface area contributed by atoms with Crippen molar-refractivity contribution < 1.29 is 19.2 Å². The predicted octanol–water partition coefficient (Wildman–Crippen LogP) is 4.16. The molecule has 0 unspecified atom stereocenters. The van der Waals surface area contributed by atoms with E-state index in [9.17, 15) is 14.9 Å². The number of hydrogen-bond acceptors (Lipinski definition) is 5. The first-order valence-corrected chi connectivity index (χ1v) is 10.3. The number of halogens is 1. The molecule has 2 aromatic carbocycles. The number of hydrogen-bond donors (Lipinski definition) is 1. The number of nitrogens with one attached hydrogen (secondary N) is 1. The van der Waals surface area contributed by atoms with Crippen LogP contribution in [0.1, 0.15) is 21.6 Å². The fraction of sp³-hybridized carbons (Fsp3) is 0.174. The van der Waals surface area contributed by atoms with E-state index in [4.69, 9.17) is 9.47 Å². The second kappa shape index (κ2) is 10.5. The molecule has 1 aromatic heterocycles. The van der Waals surface area contributed by atoms with E-state index in [1.54, 1.807) is 55.3 Å². The minimum Gasteiger partial charge on any atom is -0.495 e. The van der Waals surface area contributed by atoms with Crippen LogP contribution in [-0.2, 0) is 13.1 Å². The average Bonchev–Trinajstić information content (AvgIpc) is 3.26. The Morgan fingerprint density at radius 3 is 2.56 bits per heavy atom. The Kier molecular flexibility index (Phi) is 7.52. The van der Waals surface area contributed by atoms with Crippen LogP contribution in [0.25, 0.3) is 0 Å². The van der Waals surface area contributed by atoms with Crippen molar-refractivity contribution in [1.29, 1.82) is 0 Å². The number of non-ortho nitro benzene ring substituents is 1. The highest BCUT2D eigenvalue weighted by molar-refractivity contribution is 9.10. The summed E-state index contributed by atoms with van der Waals surface area (Å²) in [4.78, 5) is 23.0. The van der Waals surface area contributed by atoms with Gasteiger partial charge in [0.25, 0.3) is 11.6 Å². The molecule has 0 aliphatic carbocycles. The van der Waals surface area contributed by atoms with E-state index in [-0.39, 0.29) is 18.1 Å². The van der Waals surface area contributed by atoms with Crippen molar-refractivity contribution in [2.24, 2.45) is 0 Å². The van der Waals surface area contributed by atoms with E-state index in [1.807, 2.05) is 6.07 Å². The lowest BCUT2D eigenvalue weighted by Crippen LogP contribution is -2.25. The standard InChI is InChI=1S/C23H20BrN3O5/c1-31-20-12-9-17(22(32-2)21(20)24)15-25-23(28)19-6-4-14-26(19)13-3-5-16-7-10-18(11-8-16)27(29)30/h4,6-12,14H,13,15H2,1-2H3,(H,25,28). The monoisotopic (exact) mass is 497 g/mol. The van der Waals surface area contributed by atoms with Gasteiger partial charge in [0, 0.05) is 36.0 Å². The number of nitro benzene ring substituents is 1. The minimum atomic E-state index is -0.456. The van der Waals surface area contributed by atoms with Crippen LogP contribution < -0.4 is 14.8 Å². The van der Waals surface area contributed by atoms with E-state index < -0.39 is 4.92 Å². The van der Waals surface area contributed by atoms with Gasteiger partial charge in [0.1, 0.15) is 21.7 Å². The van der Waals surface area contributed by atoms with Crippen LogP contribution in [0.2, 0.25) is 0 Å². The van der Waals surface area contributed by atoms with Gasteiger partial charge in [-0.15, -0.1) is 0 Å².